The second-order valence-corrected chi connectivity index (χ2v) is 8.00. The first-order valence-electron chi connectivity index (χ1n) is 6.93. The van der Waals surface area contributed by atoms with Gasteiger partial charge in [0.15, 0.2) is 0 Å². The van der Waals surface area contributed by atoms with Crippen LogP contribution >= 0.6 is 0 Å². The van der Waals surface area contributed by atoms with Crippen molar-refractivity contribution in [2.45, 2.75) is 33.6 Å². The molecule has 0 unspecified atom stereocenters. The van der Waals surface area contributed by atoms with Crippen molar-refractivity contribution >= 4 is 15.9 Å². The van der Waals surface area contributed by atoms with Crippen molar-refractivity contribution < 1.29 is 13.2 Å². The molecule has 0 radical (unpaired) electrons. The molecule has 0 atom stereocenters. The summed E-state index contributed by atoms with van der Waals surface area (Å²) in [6.45, 7) is 7.96. The first kappa shape index (κ1) is 16.4. The van der Waals surface area contributed by atoms with Gasteiger partial charge in [-0.15, -0.1) is 0 Å². The minimum absolute atomic E-state index is 0.0224. The summed E-state index contributed by atoms with van der Waals surface area (Å²) in [7, 11) is -3.32. The van der Waals surface area contributed by atoms with Gasteiger partial charge in [-0.1, -0.05) is 20.8 Å². The minimum Gasteiger partial charge on any atom is -0.342 e. The molecule has 0 saturated carbocycles. The van der Waals surface area contributed by atoms with Gasteiger partial charge in [0.2, 0.25) is 15.9 Å². The summed E-state index contributed by atoms with van der Waals surface area (Å²) < 4.78 is 24.7. The highest BCUT2D eigenvalue weighted by Crippen LogP contribution is 2.16. The summed E-state index contributed by atoms with van der Waals surface area (Å²) >= 11 is 0. The van der Waals surface area contributed by atoms with Crippen LogP contribution < -0.4 is 0 Å². The smallest absolute Gasteiger partial charge is 0.237 e. The van der Waals surface area contributed by atoms with Crippen LogP contribution in [-0.4, -0.2) is 56.0 Å². The fourth-order valence-corrected chi connectivity index (χ4v) is 3.15. The van der Waals surface area contributed by atoms with Gasteiger partial charge in [0.05, 0.1) is 12.8 Å². The molecule has 1 saturated heterocycles. The molecule has 0 bridgehead atoms. The van der Waals surface area contributed by atoms with E-state index in [9.17, 15) is 13.2 Å². The van der Waals surface area contributed by atoms with E-state index in [1.165, 1.54) is 10.6 Å². The molecule has 1 rings (SSSR count). The lowest BCUT2D eigenvalue weighted by Gasteiger charge is -2.32. The molecule has 0 aromatic carbocycles. The Morgan fingerprint density at radius 3 is 2.26 bits per heavy atom. The Morgan fingerprint density at radius 1 is 1.32 bits per heavy atom. The molecule has 1 aliphatic rings. The number of likely N-dealkylation sites (tertiary alicyclic amines) is 1. The summed E-state index contributed by atoms with van der Waals surface area (Å²) in [5.74, 6) is 0.799. The predicted octanol–water partition coefficient (Wildman–Crippen LogP) is 1.16. The molecule has 1 fully saturated rings. The second kappa shape index (κ2) is 6.70. The lowest BCUT2D eigenvalue weighted by atomic mass is 9.99. The maximum atomic E-state index is 12.2. The van der Waals surface area contributed by atoms with E-state index in [0.717, 1.165) is 25.9 Å². The van der Waals surface area contributed by atoms with Gasteiger partial charge in [0.25, 0.3) is 0 Å². The Morgan fingerprint density at radius 2 is 1.84 bits per heavy atom. The van der Waals surface area contributed by atoms with Gasteiger partial charge in [0, 0.05) is 19.6 Å². The first-order valence-corrected chi connectivity index (χ1v) is 8.78. The van der Waals surface area contributed by atoms with Crippen LogP contribution in [0.25, 0.3) is 0 Å². The van der Waals surface area contributed by atoms with E-state index in [0.29, 0.717) is 12.5 Å². The highest BCUT2D eigenvalue weighted by atomic mass is 32.2. The molecule has 1 aliphatic heterocycles. The van der Waals surface area contributed by atoms with E-state index >= 15 is 0 Å². The van der Waals surface area contributed by atoms with Crippen LogP contribution in [0.3, 0.4) is 0 Å². The quantitative estimate of drug-likeness (QED) is 0.763. The zero-order chi connectivity index (χ0) is 14.6. The Labute approximate surface area is 117 Å². The van der Waals surface area contributed by atoms with E-state index in [-0.39, 0.29) is 18.4 Å². The Bertz CT molecular complexity index is 398. The number of nitrogens with zero attached hydrogens (tertiary/aromatic N) is 2. The van der Waals surface area contributed by atoms with Crippen molar-refractivity contribution in [3.63, 3.8) is 0 Å². The molecule has 1 amide bonds. The number of carbonyl (C=O) groups excluding carboxylic acids is 1. The lowest BCUT2D eigenvalue weighted by Crippen LogP contribution is -2.46. The third-order valence-electron chi connectivity index (χ3n) is 3.49. The summed E-state index contributed by atoms with van der Waals surface area (Å²) in [4.78, 5) is 14.0. The van der Waals surface area contributed by atoms with Gasteiger partial charge >= 0.3 is 0 Å². The molecular weight excluding hydrogens is 264 g/mol. The van der Waals surface area contributed by atoms with Gasteiger partial charge in [-0.25, -0.2) is 8.42 Å². The van der Waals surface area contributed by atoms with Crippen LogP contribution in [0, 0.1) is 11.8 Å². The summed E-state index contributed by atoms with van der Waals surface area (Å²) in [6.07, 6.45) is 3.19. The number of rotatable bonds is 5. The van der Waals surface area contributed by atoms with Crippen molar-refractivity contribution in [3.05, 3.63) is 0 Å². The van der Waals surface area contributed by atoms with Gasteiger partial charge in [-0.3, -0.25) is 4.79 Å². The number of amides is 1. The number of piperidine rings is 1. The highest BCUT2D eigenvalue weighted by molar-refractivity contribution is 7.88. The standard InChI is InChI=1S/C13H26N2O3S/c1-11(2)9-15(19(4,17)18)10-13(16)14-7-5-12(3)6-8-14/h11-12H,5-10H2,1-4H3. The van der Waals surface area contributed by atoms with Crippen LogP contribution in [0.4, 0.5) is 0 Å². The van der Waals surface area contributed by atoms with Gasteiger partial charge in [-0.05, 0) is 24.7 Å². The average molecular weight is 290 g/mol. The minimum atomic E-state index is -3.32. The lowest BCUT2D eigenvalue weighted by molar-refractivity contribution is -0.132. The molecule has 5 nitrogen and oxygen atoms in total. The molecule has 1 heterocycles. The molecule has 19 heavy (non-hydrogen) atoms. The van der Waals surface area contributed by atoms with E-state index < -0.39 is 10.0 Å². The normalized spacial score (nSPS) is 18.3. The second-order valence-electron chi connectivity index (χ2n) is 6.01. The molecule has 0 aromatic rings. The van der Waals surface area contributed by atoms with Gasteiger partial charge in [0.1, 0.15) is 0 Å². The van der Waals surface area contributed by atoms with Crippen molar-refractivity contribution in [2.24, 2.45) is 11.8 Å². The zero-order valence-corrected chi connectivity index (χ0v) is 13.2. The fourth-order valence-electron chi connectivity index (χ4n) is 2.23. The highest BCUT2D eigenvalue weighted by Gasteiger charge is 2.26. The Kier molecular flexibility index (Phi) is 5.80. The van der Waals surface area contributed by atoms with Gasteiger partial charge in [-0.2, -0.15) is 4.31 Å². The van der Waals surface area contributed by atoms with Crippen molar-refractivity contribution in [2.75, 3.05) is 32.4 Å². The van der Waals surface area contributed by atoms with Crippen LogP contribution in [0.1, 0.15) is 33.6 Å². The monoisotopic (exact) mass is 290 g/mol. The van der Waals surface area contributed by atoms with Crippen LogP contribution in [0.15, 0.2) is 0 Å². The van der Waals surface area contributed by atoms with Gasteiger partial charge < -0.3 is 4.90 Å². The number of hydrogen-bond acceptors (Lipinski definition) is 3. The van der Waals surface area contributed by atoms with E-state index in [4.69, 9.17) is 0 Å². The molecule has 112 valence electrons. The van der Waals surface area contributed by atoms with Crippen LogP contribution in [-0.2, 0) is 14.8 Å². The predicted molar refractivity (Wildman–Crippen MR) is 76.2 cm³/mol. The average Bonchev–Trinajstić information content (AvgIpc) is 2.27. The largest absolute Gasteiger partial charge is 0.342 e. The molecule has 6 heteroatoms. The van der Waals surface area contributed by atoms with Crippen molar-refractivity contribution in [1.82, 2.24) is 9.21 Å². The number of hydrogen-bond donors (Lipinski definition) is 0. The molecule has 0 N–H and O–H groups in total. The van der Waals surface area contributed by atoms with Crippen molar-refractivity contribution in [1.29, 1.82) is 0 Å². The molecule has 0 aromatic heterocycles. The Hall–Kier alpha value is -0.620. The first-order chi connectivity index (χ1) is 8.70. The summed E-state index contributed by atoms with van der Waals surface area (Å²) in [6, 6.07) is 0. The molecule has 0 spiro atoms. The maximum Gasteiger partial charge on any atom is 0.237 e. The van der Waals surface area contributed by atoms with E-state index in [1.54, 1.807) is 4.90 Å². The Balaban J connectivity index is 2.61. The van der Waals surface area contributed by atoms with Crippen LogP contribution in [0.2, 0.25) is 0 Å². The molecule has 0 aliphatic carbocycles. The van der Waals surface area contributed by atoms with Crippen molar-refractivity contribution in [3.8, 4) is 0 Å². The SMILES string of the molecule is CC(C)CN(CC(=O)N1CCC(C)CC1)S(C)(=O)=O. The third kappa shape index (κ3) is 5.48. The summed E-state index contributed by atoms with van der Waals surface area (Å²) in [5.41, 5.74) is 0. The van der Waals surface area contributed by atoms with Crippen LogP contribution in [0.5, 0.6) is 0 Å². The third-order valence-corrected chi connectivity index (χ3v) is 4.70. The number of sulfonamides is 1. The number of carbonyl (C=O) groups is 1. The fraction of sp³-hybridized carbons (Fsp3) is 0.923. The van der Waals surface area contributed by atoms with E-state index in [1.807, 2.05) is 13.8 Å². The summed E-state index contributed by atoms with van der Waals surface area (Å²) in [5, 5.41) is 0. The maximum absolute atomic E-state index is 12.2. The zero-order valence-electron chi connectivity index (χ0n) is 12.4. The van der Waals surface area contributed by atoms with E-state index in [2.05, 4.69) is 6.92 Å². The topological polar surface area (TPSA) is 57.7 Å². The molecular formula is C13H26N2O3S.